The van der Waals surface area contributed by atoms with Crippen LogP contribution in [0.4, 0.5) is 5.69 Å². The second-order valence-corrected chi connectivity index (χ2v) is 4.88. The Morgan fingerprint density at radius 3 is 3.00 bits per heavy atom. The fourth-order valence-corrected chi connectivity index (χ4v) is 2.03. The Labute approximate surface area is 105 Å². The molecule has 1 aliphatic heterocycles. The number of aryl methyl sites for hydroxylation is 1. The number of hydrogen-bond donors (Lipinski definition) is 1. The van der Waals surface area contributed by atoms with Gasteiger partial charge in [-0.3, -0.25) is 0 Å². The van der Waals surface area contributed by atoms with E-state index in [2.05, 4.69) is 52.4 Å². The highest BCUT2D eigenvalue weighted by atomic mass is 79.9. The molecule has 1 heterocycles. The number of halogens is 1. The molecule has 16 heavy (non-hydrogen) atoms. The van der Waals surface area contributed by atoms with Crippen LogP contribution in [0.3, 0.4) is 0 Å². The van der Waals surface area contributed by atoms with E-state index in [9.17, 15) is 0 Å². The third-order valence-electron chi connectivity index (χ3n) is 2.67. The number of benzene rings is 1. The lowest BCUT2D eigenvalue weighted by atomic mass is 10.2. The fraction of sp³-hybridized carbons (Fsp3) is 0.385. The Hall–Kier alpha value is -0.800. The molecule has 0 saturated heterocycles. The minimum absolute atomic E-state index is 0.764. The molecule has 1 aromatic carbocycles. The first-order valence-corrected chi connectivity index (χ1v) is 6.30. The maximum absolute atomic E-state index is 5.40. The molecule has 0 atom stereocenters. The summed E-state index contributed by atoms with van der Waals surface area (Å²) in [4.78, 5) is 0. The third-order valence-corrected chi connectivity index (χ3v) is 3.53. The van der Waals surface area contributed by atoms with E-state index in [1.807, 2.05) is 0 Å². The minimum atomic E-state index is 0.764. The Morgan fingerprint density at radius 2 is 2.31 bits per heavy atom. The van der Waals surface area contributed by atoms with Gasteiger partial charge in [-0.25, -0.2) is 0 Å². The molecule has 3 heteroatoms. The van der Waals surface area contributed by atoms with Gasteiger partial charge >= 0.3 is 0 Å². The van der Waals surface area contributed by atoms with Crippen LogP contribution in [0.5, 0.6) is 0 Å². The molecule has 86 valence electrons. The Kier molecular flexibility index (Phi) is 4.02. The topological polar surface area (TPSA) is 21.3 Å². The lowest BCUT2D eigenvalue weighted by Crippen LogP contribution is -2.13. The monoisotopic (exact) mass is 281 g/mol. The van der Waals surface area contributed by atoms with Crippen molar-refractivity contribution < 1.29 is 4.74 Å². The van der Waals surface area contributed by atoms with E-state index in [1.54, 1.807) is 0 Å². The normalized spacial score (nSPS) is 15.8. The van der Waals surface area contributed by atoms with Crippen LogP contribution < -0.4 is 5.32 Å². The van der Waals surface area contributed by atoms with Gasteiger partial charge in [-0.2, -0.15) is 0 Å². The largest absolute Gasteiger partial charge is 0.381 e. The summed E-state index contributed by atoms with van der Waals surface area (Å²) in [7, 11) is 0. The molecular formula is C13H16BrNO. The summed E-state index contributed by atoms with van der Waals surface area (Å²) in [6, 6.07) is 6.32. The third kappa shape index (κ3) is 3.09. The molecule has 0 saturated carbocycles. The summed E-state index contributed by atoms with van der Waals surface area (Å²) in [5, 5.41) is 3.40. The van der Waals surface area contributed by atoms with Crippen LogP contribution in [0.15, 0.2) is 34.3 Å². The van der Waals surface area contributed by atoms with E-state index in [0.29, 0.717) is 0 Å². The lowest BCUT2D eigenvalue weighted by Gasteiger charge is -2.15. The van der Waals surface area contributed by atoms with Crippen molar-refractivity contribution in [3.05, 3.63) is 39.9 Å². The quantitative estimate of drug-likeness (QED) is 0.856. The van der Waals surface area contributed by atoms with Crippen molar-refractivity contribution in [1.82, 2.24) is 0 Å². The zero-order valence-corrected chi connectivity index (χ0v) is 11.0. The Balaban J connectivity index is 1.94. The predicted molar refractivity (Wildman–Crippen MR) is 70.9 cm³/mol. The van der Waals surface area contributed by atoms with Crippen LogP contribution in [0.25, 0.3) is 0 Å². The van der Waals surface area contributed by atoms with Crippen molar-refractivity contribution in [3.8, 4) is 0 Å². The molecule has 0 spiro atoms. The summed E-state index contributed by atoms with van der Waals surface area (Å²) >= 11 is 3.53. The summed E-state index contributed by atoms with van der Waals surface area (Å²) in [6.45, 7) is 4.58. The molecule has 2 nitrogen and oxygen atoms in total. The minimum Gasteiger partial charge on any atom is -0.381 e. The van der Waals surface area contributed by atoms with Crippen molar-refractivity contribution in [3.63, 3.8) is 0 Å². The molecule has 0 bridgehead atoms. The maximum Gasteiger partial charge on any atom is 0.0693 e. The molecule has 1 aliphatic rings. The van der Waals surface area contributed by atoms with Gasteiger partial charge in [-0.1, -0.05) is 28.1 Å². The van der Waals surface area contributed by atoms with E-state index in [1.165, 1.54) is 11.1 Å². The average molecular weight is 282 g/mol. The highest BCUT2D eigenvalue weighted by Crippen LogP contribution is 2.20. The molecule has 0 aromatic heterocycles. The first-order chi connectivity index (χ1) is 7.75. The standard InChI is InChI=1S/C13H16BrNO/c1-10-4-5-12(7-13(10)14)15-8-11-3-2-6-16-9-11/h3-5,7,15H,2,6,8-9H2,1H3. The Morgan fingerprint density at radius 1 is 1.44 bits per heavy atom. The molecule has 2 rings (SSSR count). The highest BCUT2D eigenvalue weighted by Gasteiger charge is 2.03. The van der Waals surface area contributed by atoms with Crippen molar-refractivity contribution >= 4 is 21.6 Å². The van der Waals surface area contributed by atoms with Crippen molar-refractivity contribution in [2.75, 3.05) is 25.1 Å². The predicted octanol–water partition coefficient (Wildman–Crippen LogP) is 3.52. The molecule has 0 fully saturated rings. The van der Waals surface area contributed by atoms with Crippen LogP contribution in [-0.4, -0.2) is 19.8 Å². The van der Waals surface area contributed by atoms with Crippen LogP contribution in [0.1, 0.15) is 12.0 Å². The van der Waals surface area contributed by atoms with Crippen molar-refractivity contribution in [2.45, 2.75) is 13.3 Å². The van der Waals surface area contributed by atoms with Gasteiger partial charge in [0.15, 0.2) is 0 Å². The van der Waals surface area contributed by atoms with Crippen LogP contribution in [-0.2, 0) is 4.74 Å². The van der Waals surface area contributed by atoms with Gasteiger partial charge in [0.25, 0.3) is 0 Å². The first-order valence-electron chi connectivity index (χ1n) is 5.51. The number of anilines is 1. The fourth-order valence-electron chi connectivity index (χ4n) is 1.65. The van der Waals surface area contributed by atoms with Gasteiger partial charge in [-0.05, 0) is 36.6 Å². The van der Waals surface area contributed by atoms with Gasteiger partial charge in [0.2, 0.25) is 0 Å². The zero-order chi connectivity index (χ0) is 11.4. The SMILES string of the molecule is Cc1ccc(NCC2=CCCOC2)cc1Br. The van der Waals surface area contributed by atoms with Gasteiger partial charge in [0.05, 0.1) is 13.2 Å². The number of hydrogen-bond acceptors (Lipinski definition) is 2. The highest BCUT2D eigenvalue weighted by molar-refractivity contribution is 9.10. The number of ether oxygens (including phenoxy) is 1. The van der Waals surface area contributed by atoms with E-state index in [4.69, 9.17) is 4.74 Å². The van der Waals surface area contributed by atoms with Gasteiger partial charge in [0, 0.05) is 16.7 Å². The number of rotatable bonds is 3. The smallest absolute Gasteiger partial charge is 0.0693 e. The molecule has 1 aromatic rings. The van der Waals surface area contributed by atoms with E-state index >= 15 is 0 Å². The van der Waals surface area contributed by atoms with E-state index < -0.39 is 0 Å². The van der Waals surface area contributed by atoms with Gasteiger partial charge < -0.3 is 10.1 Å². The van der Waals surface area contributed by atoms with Crippen molar-refractivity contribution in [1.29, 1.82) is 0 Å². The summed E-state index contributed by atoms with van der Waals surface area (Å²) < 4.78 is 6.54. The molecule has 0 aliphatic carbocycles. The lowest BCUT2D eigenvalue weighted by molar-refractivity contribution is 0.150. The van der Waals surface area contributed by atoms with Crippen LogP contribution in [0.2, 0.25) is 0 Å². The Bertz CT molecular complexity index is 401. The van der Waals surface area contributed by atoms with Crippen LogP contribution in [0, 0.1) is 6.92 Å². The summed E-state index contributed by atoms with van der Waals surface area (Å²) in [5.74, 6) is 0. The van der Waals surface area contributed by atoms with Crippen molar-refractivity contribution in [2.24, 2.45) is 0 Å². The average Bonchev–Trinajstić information content (AvgIpc) is 2.32. The molecular weight excluding hydrogens is 266 g/mol. The molecule has 0 radical (unpaired) electrons. The zero-order valence-electron chi connectivity index (χ0n) is 9.42. The molecule has 0 amide bonds. The maximum atomic E-state index is 5.40. The second kappa shape index (κ2) is 5.51. The number of nitrogens with one attached hydrogen (secondary N) is 1. The first kappa shape index (κ1) is 11.7. The van der Waals surface area contributed by atoms with Gasteiger partial charge in [0.1, 0.15) is 0 Å². The second-order valence-electron chi connectivity index (χ2n) is 4.02. The van der Waals surface area contributed by atoms with E-state index in [0.717, 1.165) is 36.3 Å². The summed E-state index contributed by atoms with van der Waals surface area (Å²) in [6.07, 6.45) is 3.30. The van der Waals surface area contributed by atoms with Gasteiger partial charge in [-0.15, -0.1) is 0 Å². The molecule has 1 N–H and O–H groups in total. The summed E-state index contributed by atoms with van der Waals surface area (Å²) in [5.41, 5.74) is 3.73. The molecule has 0 unspecified atom stereocenters. The van der Waals surface area contributed by atoms with Crippen LogP contribution >= 0.6 is 15.9 Å². The van der Waals surface area contributed by atoms with E-state index in [-0.39, 0.29) is 0 Å².